The molecule has 0 bridgehead atoms. The number of aromatic hydroxyl groups is 1. The number of benzene rings is 2. The maximum Gasteiger partial charge on any atom is 0.270 e. The highest BCUT2D eigenvalue weighted by atomic mass is 79.9. The molecule has 0 unspecified atom stereocenters. The van der Waals surface area contributed by atoms with Crippen molar-refractivity contribution >= 4 is 73.5 Å². The van der Waals surface area contributed by atoms with Crippen LogP contribution in [0.3, 0.4) is 0 Å². The molecule has 4 nitrogen and oxygen atoms in total. The summed E-state index contributed by atoms with van der Waals surface area (Å²) >= 11 is 16.0. The number of ether oxygens (including phenoxy) is 1. The minimum absolute atomic E-state index is 0.00594. The Labute approximate surface area is 167 Å². The number of nitrogens with zero attached hydrogens (tertiary/aromatic N) is 1. The van der Waals surface area contributed by atoms with Crippen LogP contribution >= 0.6 is 51.5 Å². The van der Waals surface area contributed by atoms with Gasteiger partial charge in [0.05, 0.1) is 22.7 Å². The number of phenols is 1. The first kappa shape index (κ1) is 18.3. The number of methoxy groups -OCH3 is 1. The van der Waals surface area contributed by atoms with Crippen LogP contribution in [-0.2, 0) is 4.79 Å². The topological polar surface area (TPSA) is 49.8 Å². The Morgan fingerprint density at radius 1 is 1.32 bits per heavy atom. The van der Waals surface area contributed by atoms with E-state index in [1.807, 2.05) is 0 Å². The fourth-order valence-electron chi connectivity index (χ4n) is 2.26. The molecule has 128 valence electrons. The highest BCUT2D eigenvalue weighted by Gasteiger charge is 2.33. The molecule has 25 heavy (non-hydrogen) atoms. The minimum atomic E-state index is -0.233. The first-order valence-corrected chi connectivity index (χ1v) is 9.40. The van der Waals surface area contributed by atoms with Gasteiger partial charge in [-0.2, -0.15) is 0 Å². The summed E-state index contributed by atoms with van der Waals surface area (Å²) in [6, 6.07) is 10.1. The molecular formula is C17H11BrClNO3S2. The molecule has 1 aliphatic rings. The van der Waals surface area contributed by atoms with Crippen molar-refractivity contribution in [3.8, 4) is 11.5 Å². The Kier molecular flexibility index (Phi) is 5.38. The molecular weight excluding hydrogens is 446 g/mol. The predicted molar refractivity (Wildman–Crippen MR) is 109 cm³/mol. The first-order valence-electron chi connectivity index (χ1n) is 7.00. The number of carbonyl (C=O) groups excluding carboxylic acids is 1. The van der Waals surface area contributed by atoms with Crippen molar-refractivity contribution in [1.29, 1.82) is 0 Å². The summed E-state index contributed by atoms with van der Waals surface area (Å²) in [6.45, 7) is 0. The summed E-state index contributed by atoms with van der Waals surface area (Å²) in [6.07, 6.45) is 1.68. The minimum Gasteiger partial charge on any atom is -0.504 e. The lowest BCUT2D eigenvalue weighted by Gasteiger charge is -2.15. The lowest BCUT2D eigenvalue weighted by Crippen LogP contribution is -2.27. The number of amides is 1. The molecule has 1 N–H and O–H groups in total. The van der Waals surface area contributed by atoms with E-state index in [0.29, 0.717) is 31.2 Å². The van der Waals surface area contributed by atoms with E-state index >= 15 is 0 Å². The third kappa shape index (κ3) is 3.69. The molecule has 8 heteroatoms. The Balaban J connectivity index is 1.92. The van der Waals surface area contributed by atoms with Gasteiger partial charge < -0.3 is 9.84 Å². The number of rotatable bonds is 3. The van der Waals surface area contributed by atoms with Gasteiger partial charge in [-0.15, -0.1) is 0 Å². The third-order valence-corrected chi connectivity index (χ3v) is 5.99. The zero-order valence-corrected chi connectivity index (χ0v) is 16.8. The maximum absolute atomic E-state index is 12.7. The molecule has 1 fully saturated rings. The van der Waals surface area contributed by atoms with Crippen LogP contribution < -0.4 is 9.64 Å². The second-order valence-electron chi connectivity index (χ2n) is 5.05. The normalized spacial score (nSPS) is 16.0. The van der Waals surface area contributed by atoms with Gasteiger partial charge in [0.2, 0.25) is 0 Å². The molecule has 1 aliphatic heterocycles. The van der Waals surface area contributed by atoms with Crippen molar-refractivity contribution < 1.29 is 14.6 Å². The standard InChI is InChI=1S/C17H11BrClNO3S2/c1-23-14-5-2-9(6-13(14)21)7-15-16(22)20(17(24)25-15)10-3-4-11(18)12(19)8-10/h2-8,21H,1H3/b15-7+. The van der Waals surface area contributed by atoms with Crippen LogP contribution in [0.15, 0.2) is 45.8 Å². The molecule has 0 aromatic heterocycles. The Bertz CT molecular complexity index is 917. The Morgan fingerprint density at radius 2 is 2.08 bits per heavy atom. The molecule has 0 saturated carbocycles. The van der Waals surface area contributed by atoms with E-state index in [0.717, 1.165) is 4.47 Å². The summed E-state index contributed by atoms with van der Waals surface area (Å²) in [5, 5.41) is 10.4. The second kappa shape index (κ2) is 7.37. The van der Waals surface area contributed by atoms with E-state index in [1.54, 1.807) is 36.4 Å². The van der Waals surface area contributed by atoms with Crippen molar-refractivity contribution in [2.24, 2.45) is 0 Å². The van der Waals surface area contributed by atoms with Crippen LogP contribution in [0.5, 0.6) is 11.5 Å². The van der Waals surface area contributed by atoms with E-state index < -0.39 is 0 Å². The highest BCUT2D eigenvalue weighted by molar-refractivity contribution is 9.10. The van der Waals surface area contributed by atoms with E-state index in [-0.39, 0.29) is 11.7 Å². The predicted octanol–water partition coefficient (Wildman–Crippen LogP) is 5.22. The fourth-order valence-corrected chi connectivity index (χ4v) is 3.98. The molecule has 2 aromatic rings. The van der Waals surface area contributed by atoms with Crippen LogP contribution in [0.25, 0.3) is 6.08 Å². The monoisotopic (exact) mass is 455 g/mol. The van der Waals surface area contributed by atoms with E-state index in [4.69, 9.17) is 28.6 Å². The molecule has 2 aromatic carbocycles. The number of carbonyl (C=O) groups is 1. The van der Waals surface area contributed by atoms with Gasteiger partial charge in [-0.05, 0) is 57.9 Å². The van der Waals surface area contributed by atoms with Crippen LogP contribution in [0, 0.1) is 0 Å². The first-order chi connectivity index (χ1) is 11.9. The van der Waals surface area contributed by atoms with E-state index in [1.165, 1.54) is 29.8 Å². The van der Waals surface area contributed by atoms with E-state index in [9.17, 15) is 9.90 Å². The molecule has 1 amide bonds. The van der Waals surface area contributed by atoms with Crippen LogP contribution in [0.2, 0.25) is 5.02 Å². The number of thioether (sulfide) groups is 1. The zero-order chi connectivity index (χ0) is 18.1. The van der Waals surface area contributed by atoms with Crippen molar-refractivity contribution in [1.82, 2.24) is 0 Å². The smallest absolute Gasteiger partial charge is 0.270 e. The molecule has 0 radical (unpaired) electrons. The van der Waals surface area contributed by atoms with Crippen molar-refractivity contribution in [3.63, 3.8) is 0 Å². The van der Waals surface area contributed by atoms with Crippen LogP contribution in [-0.4, -0.2) is 22.4 Å². The lowest BCUT2D eigenvalue weighted by molar-refractivity contribution is -0.113. The van der Waals surface area contributed by atoms with Crippen LogP contribution in [0.4, 0.5) is 5.69 Å². The van der Waals surface area contributed by atoms with E-state index in [2.05, 4.69) is 15.9 Å². The number of phenolic OH excluding ortho intramolecular Hbond substituents is 1. The number of hydrogen-bond donors (Lipinski definition) is 1. The third-order valence-electron chi connectivity index (χ3n) is 3.46. The Morgan fingerprint density at radius 3 is 2.72 bits per heavy atom. The van der Waals surface area contributed by atoms with Crippen molar-refractivity contribution in [2.75, 3.05) is 12.0 Å². The molecule has 0 aliphatic carbocycles. The zero-order valence-electron chi connectivity index (χ0n) is 12.8. The summed E-state index contributed by atoms with van der Waals surface area (Å²) in [7, 11) is 1.48. The number of thiocarbonyl (C=S) groups is 1. The van der Waals surface area contributed by atoms with Gasteiger partial charge in [-0.3, -0.25) is 9.69 Å². The quantitative estimate of drug-likeness (QED) is 0.507. The van der Waals surface area contributed by atoms with Gasteiger partial charge in [-0.25, -0.2) is 0 Å². The molecule has 1 saturated heterocycles. The van der Waals surface area contributed by atoms with Crippen molar-refractivity contribution in [2.45, 2.75) is 0 Å². The highest BCUT2D eigenvalue weighted by Crippen LogP contribution is 2.38. The average Bonchev–Trinajstić information content (AvgIpc) is 2.84. The van der Waals surface area contributed by atoms with Crippen molar-refractivity contribution in [3.05, 3.63) is 56.4 Å². The van der Waals surface area contributed by atoms with Gasteiger partial charge in [0.1, 0.15) is 0 Å². The lowest BCUT2D eigenvalue weighted by atomic mass is 10.2. The van der Waals surface area contributed by atoms with Gasteiger partial charge in [0.25, 0.3) is 5.91 Å². The fraction of sp³-hybridized carbons (Fsp3) is 0.0588. The average molecular weight is 457 g/mol. The van der Waals surface area contributed by atoms with Crippen LogP contribution in [0.1, 0.15) is 5.56 Å². The van der Waals surface area contributed by atoms with Gasteiger partial charge >= 0.3 is 0 Å². The van der Waals surface area contributed by atoms with Gasteiger partial charge in [-0.1, -0.05) is 41.6 Å². The number of hydrogen-bond acceptors (Lipinski definition) is 5. The van der Waals surface area contributed by atoms with Gasteiger partial charge in [0, 0.05) is 4.47 Å². The van der Waals surface area contributed by atoms with Gasteiger partial charge in [0.15, 0.2) is 15.8 Å². The molecule has 3 rings (SSSR count). The largest absolute Gasteiger partial charge is 0.504 e. The SMILES string of the molecule is COc1ccc(/C=C2/SC(=S)N(c3ccc(Br)c(Cl)c3)C2=O)cc1O. The second-order valence-corrected chi connectivity index (χ2v) is 7.98. The summed E-state index contributed by atoms with van der Waals surface area (Å²) in [5.74, 6) is 0.143. The Hall–Kier alpha value is -1.54. The summed E-state index contributed by atoms with van der Waals surface area (Å²) in [4.78, 5) is 14.6. The number of anilines is 1. The number of halogens is 2. The maximum atomic E-state index is 12.7. The summed E-state index contributed by atoms with van der Waals surface area (Å²) < 4.78 is 6.18. The molecule has 0 atom stereocenters. The summed E-state index contributed by atoms with van der Waals surface area (Å²) in [5.41, 5.74) is 1.28. The molecule has 0 spiro atoms. The molecule has 1 heterocycles.